The van der Waals surface area contributed by atoms with Crippen molar-refractivity contribution in [3.8, 4) is 0 Å². The number of aromatic nitrogens is 2. The maximum atomic E-state index is 12.3. The molecule has 1 aromatic carbocycles. The highest BCUT2D eigenvalue weighted by Crippen LogP contribution is 2.11. The van der Waals surface area contributed by atoms with Gasteiger partial charge in [-0.1, -0.05) is 24.3 Å². The van der Waals surface area contributed by atoms with Gasteiger partial charge in [0.25, 0.3) is 5.56 Å². The topological polar surface area (TPSA) is 97.6 Å². The van der Waals surface area contributed by atoms with Crippen LogP contribution in [-0.4, -0.2) is 29.5 Å². The van der Waals surface area contributed by atoms with E-state index < -0.39 is 21.3 Å². The van der Waals surface area contributed by atoms with Crippen molar-refractivity contribution < 1.29 is 13.2 Å². The minimum absolute atomic E-state index is 0.00538. The van der Waals surface area contributed by atoms with Crippen LogP contribution in [0.2, 0.25) is 0 Å². The van der Waals surface area contributed by atoms with Gasteiger partial charge in [-0.2, -0.15) is 0 Å². The Hall–Kier alpha value is -3.00. The Bertz CT molecular complexity index is 1080. The van der Waals surface area contributed by atoms with E-state index in [2.05, 4.69) is 10.3 Å². The lowest BCUT2D eigenvalue weighted by molar-refractivity contribution is -0.115. The summed E-state index contributed by atoms with van der Waals surface area (Å²) in [4.78, 5) is 28.5. The fourth-order valence-electron chi connectivity index (χ4n) is 2.30. The van der Waals surface area contributed by atoms with Crippen LogP contribution in [0.25, 0.3) is 5.65 Å². The molecule has 0 unspecified atom stereocenters. The van der Waals surface area contributed by atoms with Crippen LogP contribution in [0.4, 0.5) is 5.69 Å². The standard InChI is InChI=1S/C17H15N3O4S/c21-16(9-11-25(23,24)13-6-2-1-3-7-13)19-14-12-18-15-8-4-5-10-20(15)17(14)22/h1-8,10,12H,9,11H2,(H,19,21). The van der Waals surface area contributed by atoms with E-state index in [4.69, 9.17) is 0 Å². The van der Waals surface area contributed by atoms with E-state index in [1.807, 2.05) is 0 Å². The summed E-state index contributed by atoms with van der Waals surface area (Å²) in [5, 5.41) is 2.43. The van der Waals surface area contributed by atoms with Crippen LogP contribution in [0.15, 0.2) is 70.6 Å². The fraction of sp³-hybridized carbons (Fsp3) is 0.118. The first-order valence-electron chi connectivity index (χ1n) is 7.51. The third kappa shape index (κ3) is 3.74. The molecular weight excluding hydrogens is 342 g/mol. The van der Waals surface area contributed by atoms with Crippen LogP contribution in [0, 0.1) is 0 Å². The molecule has 3 aromatic rings. The first-order chi connectivity index (χ1) is 12.0. The number of carbonyl (C=O) groups excluding carboxylic acids is 1. The van der Waals surface area contributed by atoms with Crippen molar-refractivity contribution in [1.29, 1.82) is 0 Å². The lowest BCUT2D eigenvalue weighted by atomic mass is 10.4. The Morgan fingerprint density at radius 2 is 1.80 bits per heavy atom. The predicted molar refractivity (Wildman–Crippen MR) is 93.2 cm³/mol. The van der Waals surface area contributed by atoms with Crippen molar-refractivity contribution >= 4 is 27.1 Å². The summed E-state index contributed by atoms with van der Waals surface area (Å²) in [5.41, 5.74) is 0.0350. The molecular formula is C17H15N3O4S. The number of hydrogen-bond acceptors (Lipinski definition) is 5. The molecule has 0 bridgehead atoms. The molecule has 2 heterocycles. The number of nitrogens with one attached hydrogen (secondary N) is 1. The van der Waals surface area contributed by atoms with Gasteiger partial charge in [-0.25, -0.2) is 13.4 Å². The highest BCUT2D eigenvalue weighted by Gasteiger charge is 2.17. The first kappa shape index (κ1) is 16.8. The molecule has 0 aliphatic carbocycles. The van der Waals surface area contributed by atoms with Gasteiger partial charge in [0, 0.05) is 12.6 Å². The highest BCUT2D eigenvalue weighted by atomic mass is 32.2. The number of carbonyl (C=O) groups is 1. The number of sulfone groups is 1. The summed E-state index contributed by atoms with van der Waals surface area (Å²) in [6.45, 7) is 0. The fourth-order valence-corrected chi connectivity index (χ4v) is 3.56. The van der Waals surface area contributed by atoms with E-state index >= 15 is 0 Å². The van der Waals surface area contributed by atoms with Crippen molar-refractivity contribution in [3.05, 3.63) is 71.3 Å². The molecule has 0 saturated heterocycles. The van der Waals surface area contributed by atoms with Gasteiger partial charge in [0.1, 0.15) is 11.3 Å². The summed E-state index contributed by atoms with van der Waals surface area (Å²) < 4.78 is 25.6. The van der Waals surface area contributed by atoms with Gasteiger partial charge in [-0.05, 0) is 24.3 Å². The number of nitrogens with zero attached hydrogens (tertiary/aromatic N) is 2. The van der Waals surface area contributed by atoms with E-state index in [0.717, 1.165) is 0 Å². The number of anilines is 1. The van der Waals surface area contributed by atoms with E-state index in [1.54, 1.807) is 42.6 Å². The van der Waals surface area contributed by atoms with Gasteiger partial charge >= 0.3 is 0 Å². The third-order valence-corrected chi connectivity index (χ3v) is 5.32. The lowest BCUT2D eigenvalue weighted by Gasteiger charge is -2.07. The molecule has 0 spiro atoms. The van der Waals surface area contributed by atoms with E-state index in [1.165, 1.54) is 22.7 Å². The second-order valence-corrected chi connectivity index (χ2v) is 7.45. The average Bonchev–Trinajstić information content (AvgIpc) is 2.63. The zero-order chi connectivity index (χ0) is 17.9. The molecule has 0 aliphatic heterocycles. The molecule has 7 nitrogen and oxygen atoms in total. The van der Waals surface area contributed by atoms with Gasteiger partial charge in [0.05, 0.1) is 16.8 Å². The number of fused-ring (bicyclic) bond motifs is 1. The zero-order valence-electron chi connectivity index (χ0n) is 13.1. The largest absolute Gasteiger partial charge is 0.320 e. The van der Waals surface area contributed by atoms with Crippen LogP contribution in [0.5, 0.6) is 0 Å². The Kier molecular flexibility index (Phi) is 4.62. The molecule has 0 fully saturated rings. The maximum absolute atomic E-state index is 12.3. The van der Waals surface area contributed by atoms with Crippen molar-refractivity contribution in [2.24, 2.45) is 0 Å². The van der Waals surface area contributed by atoms with Crippen molar-refractivity contribution in [1.82, 2.24) is 9.38 Å². The normalized spacial score (nSPS) is 11.4. The summed E-state index contributed by atoms with van der Waals surface area (Å²) in [6, 6.07) is 13.0. The number of hydrogen-bond donors (Lipinski definition) is 1. The molecule has 0 atom stereocenters. The average molecular weight is 357 g/mol. The number of pyridine rings is 1. The Labute approximate surface area is 143 Å². The number of rotatable bonds is 5. The zero-order valence-corrected chi connectivity index (χ0v) is 13.9. The molecule has 1 amide bonds. The number of amides is 1. The first-order valence-corrected chi connectivity index (χ1v) is 9.17. The molecule has 25 heavy (non-hydrogen) atoms. The smallest absolute Gasteiger partial charge is 0.281 e. The molecule has 8 heteroatoms. The second-order valence-electron chi connectivity index (χ2n) is 5.34. The van der Waals surface area contributed by atoms with E-state index in [0.29, 0.717) is 5.65 Å². The Balaban J connectivity index is 1.71. The molecule has 128 valence electrons. The molecule has 0 saturated carbocycles. The Morgan fingerprint density at radius 3 is 2.56 bits per heavy atom. The molecule has 3 rings (SSSR count). The monoisotopic (exact) mass is 357 g/mol. The number of benzene rings is 1. The summed E-state index contributed by atoms with van der Waals surface area (Å²) in [7, 11) is -3.55. The third-order valence-electron chi connectivity index (χ3n) is 3.59. The van der Waals surface area contributed by atoms with Gasteiger partial charge in [-0.3, -0.25) is 14.0 Å². The lowest BCUT2D eigenvalue weighted by Crippen LogP contribution is -2.24. The van der Waals surface area contributed by atoms with Gasteiger partial charge in [0.2, 0.25) is 5.91 Å². The maximum Gasteiger partial charge on any atom is 0.281 e. The van der Waals surface area contributed by atoms with Gasteiger partial charge in [0.15, 0.2) is 9.84 Å². The van der Waals surface area contributed by atoms with Crippen LogP contribution in [0.3, 0.4) is 0 Å². The quantitative estimate of drug-likeness (QED) is 0.746. The minimum atomic E-state index is -3.55. The van der Waals surface area contributed by atoms with Crippen LogP contribution < -0.4 is 10.9 Å². The van der Waals surface area contributed by atoms with Crippen LogP contribution in [0.1, 0.15) is 6.42 Å². The molecule has 2 aromatic heterocycles. The highest BCUT2D eigenvalue weighted by molar-refractivity contribution is 7.91. The Morgan fingerprint density at radius 1 is 1.08 bits per heavy atom. The van der Waals surface area contributed by atoms with Crippen LogP contribution in [-0.2, 0) is 14.6 Å². The van der Waals surface area contributed by atoms with Gasteiger partial charge in [-0.15, -0.1) is 0 Å². The van der Waals surface area contributed by atoms with E-state index in [-0.39, 0.29) is 22.8 Å². The summed E-state index contributed by atoms with van der Waals surface area (Å²) in [6.07, 6.45) is 2.55. The minimum Gasteiger partial charge on any atom is -0.320 e. The molecule has 0 radical (unpaired) electrons. The van der Waals surface area contributed by atoms with Gasteiger partial charge < -0.3 is 5.32 Å². The van der Waals surface area contributed by atoms with Crippen molar-refractivity contribution in [2.45, 2.75) is 11.3 Å². The van der Waals surface area contributed by atoms with E-state index in [9.17, 15) is 18.0 Å². The SMILES string of the molecule is O=C(CCS(=O)(=O)c1ccccc1)Nc1cnc2ccccn2c1=O. The summed E-state index contributed by atoms with van der Waals surface area (Å²) >= 11 is 0. The summed E-state index contributed by atoms with van der Waals surface area (Å²) in [5.74, 6) is -0.903. The second kappa shape index (κ2) is 6.86. The molecule has 1 N–H and O–H groups in total. The van der Waals surface area contributed by atoms with Crippen molar-refractivity contribution in [2.75, 3.05) is 11.1 Å². The molecule has 0 aliphatic rings. The van der Waals surface area contributed by atoms with Crippen molar-refractivity contribution in [3.63, 3.8) is 0 Å². The van der Waals surface area contributed by atoms with Crippen LogP contribution >= 0.6 is 0 Å². The predicted octanol–water partition coefficient (Wildman–Crippen LogP) is 1.50.